The monoisotopic (exact) mass is 351 g/mol. The Morgan fingerprint density at radius 1 is 1.19 bits per heavy atom. The fourth-order valence-corrected chi connectivity index (χ4v) is 3.29. The molecule has 3 aromatic rings. The highest BCUT2D eigenvalue weighted by atomic mass is 16.5. The van der Waals surface area contributed by atoms with Crippen molar-refractivity contribution in [3.63, 3.8) is 0 Å². The zero-order valence-electron chi connectivity index (χ0n) is 14.9. The summed E-state index contributed by atoms with van der Waals surface area (Å²) < 4.78 is 5.15. The number of rotatable bonds is 4. The lowest BCUT2D eigenvalue weighted by atomic mass is 10.0. The molecule has 3 aromatic heterocycles. The molecular weight excluding hydrogens is 330 g/mol. The molecule has 0 amide bonds. The van der Waals surface area contributed by atoms with Gasteiger partial charge in [0.1, 0.15) is 23.8 Å². The zero-order valence-corrected chi connectivity index (χ0v) is 14.9. The van der Waals surface area contributed by atoms with Gasteiger partial charge in [0, 0.05) is 36.8 Å². The summed E-state index contributed by atoms with van der Waals surface area (Å²) in [5.74, 6) is 3.13. The molecule has 0 spiro atoms. The van der Waals surface area contributed by atoms with Gasteiger partial charge in [0.2, 0.25) is 5.88 Å². The normalized spacial score (nSPS) is 15.2. The minimum atomic E-state index is 0.363. The van der Waals surface area contributed by atoms with Crippen molar-refractivity contribution in [2.45, 2.75) is 25.8 Å². The molecule has 4 heterocycles. The van der Waals surface area contributed by atoms with E-state index in [1.807, 2.05) is 19.1 Å². The summed E-state index contributed by atoms with van der Waals surface area (Å²) in [5, 5.41) is 4.53. The highest BCUT2D eigenvalue weighted by molar-refractivity contribution is 5.88. The summed E-state index contributed by atoms with van der Waals surface area (Å²) in [6, 6.07) is 4.17. The maximum atomic E-state index is 5.15. The molecule has 1 N–H and O–H groups in total. The van der Waals surface area contributed by atoms with Gasteiger partial charge in [-0.3, -0.25) is 4.98 Å². The van der Waals surface area contributed by atoms with E-state index in [2.05, 4.69) is 35.1 Å². The van der Waals surface area contributed by atoms with Crippen LogP contribution in [0.5, 0.6) is 5.88 Å². The van der Waals surface area contributed by atoms with Crippen LogP contribution in [-0.4, -0.2) is 51.2 Å². The summed E-state index contributed by atoms with van der Waals surface area (Å²) in [7, 11) is 1.61. The van der Waals surface area contributed by atoms with Gasteiger partial charge in [-0.2, -0.15) is 0 Å². The molecule has 26 heavy (non-hydrogen) atoms. The van der Waals surface area contributed by atoms with Crippen LogP contribution in [0.3, 0.4) is 0 Å². The number of piperidine rings is 1. The minimum absolute atomic E-state index is 0.363. The number of aromatic nitrogens is 5. The molecule has 0 atom stereocenters. The van der Waals surface area contributed by atoms with Gasteiger partial charge in [0.05, 0.1) is 18.8 Å². The fourth-order valence-electron chi connectivity index (χ4n) is 3.29. The lowest BCUT2D eigenvalue weighted by molar-refractivity contribution is 0.397. The van der Waals surface area contributed by atoms with E-state index in [-0.39, 0.29) is 0 Å². The Labute approximate surface area is 151 Å². The van der Waals surface area contributed by atoms with Crippen LogP contribution < -0.4 is 15.0 Å². The van der Waals surface area contributed by atoms with Crippen molar-refractivity contribution in [3.05, 3.63) is 36.7 Å². The molecule has 1 aliphatic heterocycles. The number of ether oxygens (including phenoxy) is 1. The van der Waals surface area contributed by atoms with Gasteiger partial charge in [-0.25, -0.2) is 19.9 Å². The number of pyridine rings is 1. The standard InChI is InChI=1S/C18H21N7O/c1-12-22-15-10-19-6-3-14(15)18(23-12)25-7-4-13(5-8-25)24-16-9-17(26-2)21-11-20-16/h3,6,9-11,13H,4-5,7-8H2,1-2H3,(H,20,21,24). The van der Waals surface area contributed by atoms with Gasteiger partial charge in [0.25, 0.3) is 0 Å². The van der Waals surface area contributed by atoms with Crippen LogP contribution in [-0.2, 0) is 0 Å². The van der Waals surface area contributed by atoms with E-state index in [9.17, 15) is 0 Å². The smallest absolute Gasteiger partial charge is 0.218 e. The summed E-state index contributed by atoms with van der Waals surface area (Å²) in [4.78, 5) is 24.0. The average molecular weight is 351 g/mol. The van der Waals surface area contributed by atoms with E-state index in [0.717, 1.165) is 54.3 Å². The summed E-state index contributed by atoms with van der Waals surface area (Å²) in [5.41, 5.74) is 0.892. The molecule has 0 bridgehead atoms. The quantitative estimate of drug-likeness (QED) is 0.765. The molecule has 0 radical (unpaired) electrons. The number of nitrogens with one attached hydrogen (secondary N) is 1. The first-order chi connectivity index (χ1) is 12.7. The highest BCUT2D eigenvalue weighted by Crippen LogP contribution is 2.26. The number of aryl methyl sites for hydroxylation is 1. The van der Waals surface area contributed by atoms with Crippen LogP contribution in [0.1, 0.15) is 18.7 Å². The minimum Gasteiger partial charge on any atom is -0.481 e. The maximum absolute atomic E-state index is 5.15. The van der Waals surface area contributed by atoms with Gasteiger partial charge >= 0.3 is 0 Å². The lowest BCUT2D eigenvalue weighted by Gasteiger charge is -2.34. The lowest BCUT2D eigenvalue weighted by Crippen LogP contribution is -2.39. The maximum Gasteiger partial charge on any atom is 0.218 e. The number of nitrogens with zero attached hydrogens (tertiary/aromatic N) is 6. The number of methoxy groups -OCH3 is 1. The van der Waals surface area contributed by atoms with Crippen molar-refractivity contribution in [2.75, 3.05) is 30.4 Å². The number of anilines is 2. The molecule has 0 saturated carbocycles. The summed E-state index contributed by atoms with van der Waals surface area (Å²) in [6.45, 7) is 3.77. The van der Waals surface area contributed by atoms with E-state index in [4.69, 9.17) is 4.74 Å². The van der Waals surface area contributed by atoms with Gasteiger partial charge in [-0.15, -0.1) is 0 Å². The van der Waals surface area contributed by atoms with Crippen LogP contribution >= 0.6 is 0 Å². The van der Waals surface area contributed by atoms with Crippen LogP contribution in [0.2, 0.25) is 0 Å². The third-order valence-electron chi connectivity index (χ3n) is 4.59. The molecule has 4 rings (SSSR count). The highest BCUT2D eigenvalue weighted by Gasteiger charge is 2.22. The van der Waals surface area contributed by atoms with E-state index < -0.39 is 0 Å². The van der Waals surface area contributed by atoms with Crippen molar-refractivity contribution < 1.29 is 4.74 Å². The molecular formula is C18H21N7O. The second-order valence-corrected chi connectivity index (χ2v) is 6.34. The number of hydrogen-bond acceptors (Lipinski definition) is 8. The SMILES string of the molecule is COc1cc(NC2CCN(c3nc(C)nc4cnccc34)CC2)ncn1. The van der Waals surface area contributed by atoms with Crippen molar-refractivity contribution in [3.8, 4) is 5.88 Å². The van der Waals surface area contributed by atoms with Crippen LogP contribution in [0.25, 0.3) is 10.9 Å². The predicted molar refractivity (Wildman–Crippen MR) is 99.5 cm³/mol. The molecule has 0 aliphatic carbocycles. The van der Waals surface area contributed by atoms with E-state index in [1.54, 1.807) is 19.5 Å². The second-order valence-electron chi connectivity index (χ2n) is 6.34. The first-order valence-corrected chi connectivity index (χ1v) is 8.69. The van der Waals surface area contributed by atoms with E-state index in [0.29, 0.717) is 11.9 Å². The largest absolute Gasteiger partial charge is 0.481 e. The van der Waals surface area contributed by atoms with Crippen molar-refractivity contribution >= 4 is 22.5 Å². The van der Waals surface area contributed by atoms with Gasteiger partial charge in [-0.1, -0.05) is 0 Å². The molecule has 1 fully saturated rings. The van der Waals surface area contributed by atoms with Gasteiger partial charge in [-0.05, 0) is 25.8 Å². The average Bonchev–Trinajstić information content (AvgIpc) is 2.68. The molecule has 8 nitrogen and oxygen atoms in total. The Balaban J connectivity index is 1.47. The predicted octanol–water partition coefficient (Wildman–Crippen LogP) is 2.21. The molecule has 0 aromatic carbocycles. The Hall–Kier alpha value is -3.03. The summed E-state index contributed by atoms with van der Waals surface area (Å²) in [6.07, 6.45) is 7.11. The van der Waals surface area contributed by atoms with Crippen LogP contribution in [0, 0.1) is 6.92 Å². The molecule has 0 unspecified atom stereocenters. The fraction of sp³-hybridized carbons (Fsp3) is 0.389. The molecule has 1 saturated heterocycles. The molecule has 1 aliphatic rings. The Morgan fingerprint density at radius 3 is 2.85 bits per heavy atom. The third kappa shape index (κ3) is 3.35. The first-order valence-electron chi connectivity index (χ1n) is 8.69. The van der Waals surface area contributed by atoms with Gasteiger partial charge in [0.15, 0.2) is 0 Å². The zero-order chi connectivity index (χ0) is 17.9. The number of fused-ring (bicyclic) bond motifs is 1. The van der Waals surface area contributed by atoms with Crippen molar-refractivity contribution in [1.29, 1.82) is 0 Å². The topological polar surface area (TPSA) is 89.0 Å². The second kappa shape index (κ2) is 7.07. The van der Waals surface area contributed by atoms with Crippen LogP contribution in [0.4, 0.5) is 11.6 Å². The Kier molecular flexibility index (Phi) is 4.47. The Bertz CT molecular complexity index is 909. The van der Waals surface area contributed by atoms with E-state index >= 15 is 0 Å². The van der Waals surface area contributed by atoms with Crippen LogP contribution in [0.15, 0.2) is 30.9 Å². The van der Waals surface area contributed by atoms with Crippen molar-refractivity contribution in [1.82, 2.24) is 24.9 Å². The molecule has 8 heteroatoms. The Morgan fingerprint density at radius 2 is 2.04 bits per heavy atom. The summed E-state index contributed by atoms with van der Waals surface area (Å²) >= 11 is 0. The van der Waals surface area contributed by atoms with E-state index in [1.165, 1.54) is 6.33 Å². The number of hydrogen-bond donors (Lipinski definition) is 1. The first kappa shape index (κ1) is 16.4. The molecule has 134 valence electrons. The van der Waals surface area contributed by atoms with Crippen molar-refractivity contribution in [2.24, 2.45) is 0 Å². The van der Waals surface area contributed by atoms with Gasteiger partial charge < -0.3 is 15.0 Å². The third-order valence-corrected chi connectivity index (χ3v) is 4.59.